The van der Waals surface area contributed by atoms with Crippen molar-refractivity contribution in [2.75, 3.05) is 33.7 Å². The van der Waals surface area contributed by atoms with Gasteiger partial charge >= 0.3 is 0 Å². The number of carbonyl (C=O) groups is 1. The van der Waals surface area contributed by atoms with E-state index in [9.17, 15) is 13.2 Å². The Labute approximate surface area is 253 Å². The molecule has 1 aromatic heterocycles. The molecule has 1 amide bonds. The van der Waals surface area contributed by atoms with Gasteiger partial charge in [0.25, 0.3) is 5.91 Å². The highest BCUT2D eigenvalue weighted by Gasteiger charge is 2.28. The fourth-order valence-corrected chi connectivity index (χ4v) is 6.88. The van der Waals surface area contributed by atoms with Crippen LogP contribution in [-0.2, 0) is 34.2 Å². The summed E-state index contributed by atoms with van der Waals surface area (Å²) < 4.78 is 28.8. The number of nitrogens with one attached hydrogen (secondary N) is 3. The Kier molecular flexibility index (Phi) is 9.74. The van der Waals surface area contributed by atoms with Crippen molar-refractivity contribution in [3.05, 3.63) is 107 Å². The summed E-state index contributed by atoms with van der Waals surface area (Å²) in [6.07, 6.45) is 7.76. The first-order valence-corrected chi connectivity index (χ1v) is 16.0. The number of aryl methyl sites for hydroxylation is 1. The van der Waals surface area contributed by atoms with Crippen molar-refractivity contribution >= 4 is 32.9 Å². The first-order chi connectivity index (χ1) is 20.7. The fourth-order valence-electron chi connectivity index (χ4n) is 5.79. The zero-order valence-electron chi connectivity index (χ0n) is 24.6. The zero-order valence-corrected chi connectivity index (χ0v) is 25.4. The SMILES string of the molecule is CN(C)CCNS(=O)(=O)c1cccc(CN(CCc2c[nH]c3ccccc23)C2CCc3cc(C=CC(=O)NO)ccc32)c1. The minimum Gasteiger partial charge on any atom is -0.361 e. The summed E-state index contributed by atoms with van der Waals surface area (Å²) in [7, 11) is 0.200. The Morgan fingerprint density at radius 2 is 1.91 bits per heavy atom. The molecule has 0 aliphatic heterocycles. The van der Waals surface area contributed by atoms with E-state index in [0.29, 0.717) is 19.6 Å². The Balaban J connectivity index is 1.40. The lowest BCUT2D eigenvalue weighted by Crippen LogP contribution is -2.32. The number of sulfonamides is 1. The van der Waals surface area contributed by atoms with Crippen LogP contribution in [0.15, 0.2) is 83.9 Å². The lowest BCUT2D eigenvalue weighted by molar-refractivity contribution is -0.124. The predicted molar refractivity (Wildman–Crippen MR) is 169 cm³/mol. The molecule has 0 bridgehead atoms. The second-order valence-corrected chi connectivity index (χ2v) is 13.0. The van der Waals surface area contributed by atoms with Gasteiger partial charge in [0.1, 0.15) is 0 Å². The molecule has 1 unspecified atom stereocenters. The summed E-state index contributed by atoms with van der Waals surface area (Å²) in [5, 5.41) is 10.0. The first-order valence-electron chi connectivity index (χ1n) is 14.5. The average molecular weight is 602 g/mol. The third kappa shape index (κ3) is 7.59. The quantitative estimate of drug-likeness (QED) is 0.103. The van der Waals surface area contributed by atoms with Crippen LogP contribution in [0.25, 0.3) is 17.0 Å². The minimum absolute atomic E-state index is 0.164. The standard InChI is InChI=1S/C33H39N5O4S/c1-37(2)19-17-35-43(41,42)28-7-5-6-25(21-28)23-38(18-16-27-22-34-31-9-4-3-8-29(27)31)32-14-12-26-20-24(10-13-30(26)32)11-15-33(39)36-40/h3-11,13,15,20-22,32,34-35,40H,12,14,16-19,23H2,1-2H3,(H,36,39). The van der Waals surface area contributed by atoms with Crippen molar-refractivity contribution in [3.8, 4) is 0 Å². The van der Waals surface area contributed by atoms with Crippen molar-refractivity contribution in [1.29, 1.82) is 0 Å². The van der Waals surface area contributed by atoms with Gasteiger partial charge in [-0.15, -0.1) is 0 Å². The molecule has 1 aliphatic carbocycles. The number of hydroxylamine groups is 1. The van der Waals surface area contributed by atoms with E-state index in [1.807, 2.05) is 43.3 Å². The van der Waals surface area contributed by atoms with E-state index >= 15 is 0 Å². The van der Waals surface area contributed by atoms with Crippen LogP contribution < -0.4 is 10.2 Å². The van der Waals surface area contributed by atoms with Gasteiger partial charge in [-0.2, -0.15) is 0 Å². The molecule has 9 nitrogen and oxygen atoms in total. The van der Waals surface area contributed by atoms with E-state index in [1.54, 1.807) is 23.7 Å². The number of fused-ring (bicyclic) bond motifs is 2. The van der Waals surface area contributed by atoms with Gasteiger partial charge in [0.05, 0.1) is 4.90 Å². The molecule has 0 radical (unpaired) electrons. The van der Waals surface area contributed by atoms with Gasteiger partial charge in [0.15, 0.2) is 0 Å². The second kappa shape index (κ2) is 13.7. The number of hydrogen-bond donors (Lipinski definition) is 4. The summed E-state index contributed by atoms with van der Waals surface area (Å²) in [5.74, 6) is -0.570. The van der Waals surface area contributed by atoms with E-state index < -0.39 is 15.9 Å². The van der Waals surface area contributed by atoms with Gasteiger partial charge in [-0.05, 0) is 85.5 Å². The molecule has 0 spiro atoms. The Morgan fingerprint density at radius 3 is 2.72 bits per heavy atom. The number of likely N-dealkylation sites (N-methyl/N-ethyl adjacent to an activating group) is 1. The maximum absolute atomic E-state index is 13.0. The van der Waals surface area contributed by atoms with Crippen LogP contribution >= 0.6 is 0 Å². The van der Waals surface area contributed by atoms with E-state index in [-0.39, 0.29) is 10.9 Å². The van der Waals surface area contributed by atoms with Crippen LogP contribution in [-0.4, -0.2) is 68.0 Å². The maximum Gasteiger partial charge on any atom is 0.267 e. The number of aromatic nitrogens is 1. The summed E-state index contributed by atoms with van der Waals surface area (Å²) in [5.41, 5.74) is 8.30. The normalized spacial score (nSPS) is 15.1. The van der Waals surface area contributed by atoms with Crippen LogP contribution in [0.2, 0.25) is 0 Å². The molecular weight excluding hydrogens is 562 g/mol. The van der Waals surface area contributed by atoms with Gasteiger partial charge < -0.3 is 9.88 Å². The monoisotopic (exact) mass is 601 g/mol. The van der Waals surface area contributed by atoms with Gasteiger partial charge in [-0.1, -0.05) is 48.5 Å². The highest BCUT2D eigenvalue weighted by molar-refractivity contribution is 7.89. The largest absolute Gasteiger partial charge is 0.361 e. The molecule has 1 atom stereocenters. The molecule has 0 fully saturated rings. The summed E-state index contributed by atoms with van der Waals surface area (Å²) >= 11 is 0. The van der Waals surface area contributed by atoms with Crippen LogP contribution in [0.5, 0.6) is 0 Å². The maximum atomic E-state index is 13.0. The van der Waals surface area contributed by atoms with Crippen LogP contribution in [0.4, 0.5) is 0 Å². The van der Waals surface area contributed by atoms with E-state index in [1.165, 1.54) is 28.2 Å². The number of amides is 1. The lowest BCUT2D eigenvalue weighted by Gasteiger charge is -2.30. The second-order valence-electron chi connectivity index (χ2n) is 11.3. The van der Waals surface area contributed by atoms with Crippen LogP contribution in [0, 0.1) is 0 Å². The Morgan fingerprint density at radius 1 is 1.07 bits per heavy atom. The fraction of sp³-hybridized carbons (Fsp3) is 0.303. The molecular formula is C33H39N5O4S. The molecule has 1 heterocycles. The van der Waals surface area contributed by atoms with Gasteiger partial charge in [0.2, 0.25) is 10.0 Å². The number of H-pyrrole nitrogens is 1. The lowest BCUT2D eigenvalue weighted by atomic mass is 10.0. The summed E-state index contributed by atoms with van der Waals surface area (Å²) in [6, 6.07) is 21.9. The molecule has 5 rings (SSSR count). The van der Waals surface area contributed by atoms with Gasteiger partial charge in [0, 0.05) is 55.4 Å². The molecule has 4 aromatic rings. The number of carbonyl (C=O) groups excluding carboxylic acids is 1. The van der Waals surface area contributed by atoms with Crippen LogP contribution in [0.3, 0.4) is 0 Å². The number of benzene rings is 3. The molecule has 0 saturated heterocycles. The van der Waals surface area contributed by atoms with E-state index in [0.717, 1.165) is 42.5 Å². The highest BCUT2D eigenvalue weighted by atomic mass is 32.2. The molecule has 226 valence electrons. The molecule has 10 heteroatoms. The smallest absolute Gasteiger partial charge is 0.267 e. The van der Waals surface area contributed by atoms with Gasteiger partial charge in [-0.3, -0.25) is 14.9 Å². The third-order valence-electron chi connectivity index (χ3n) is 7.98. The number of nitrogens with zero attached hydrogens (tertiary/aromatic N) is 2. The van der Waals surface area contributed by atoms with E-state index in [2.05, 4.69) is 51.1 Å². The van der Waals surface area contributed by atoms with Crippen molar-refractivity contribution in [3.63, 3.8) is 0 Å². The third-order valence-corrected chi connectivity index (χ3v) is 9.44. The average Bonchev–Trinajstić information content (AvgIpc) is 3.62. The Bertz CT molecular complexity index is 1710. The number of aromatic amines is 1. The molecule has 3 aromatic carbocycles. The zero-order chi connectivity index (χ0) is 30.4. The molecule has 0 saturated carbocycles. The number of hydrogen-bond acceptors (Lipinski definition) is 6. The Hall–Kier alpha value is -3.80. The minimum atomic E-state index is -3.62. The van der Waals surface area contributed by atoms with Crippen LogP contribution in [0.1, 0.15) is 40.3 Å². The first kappa shape index (κ1) is 30.7. The van der Waals surface area contributed by atoms with Crippen molar-refractivity contribution < 1.29 is 18.4 Å². The number of rotatable bonds is 13. The summed E-state index contributed by atoms with van der Waals surface area (Å²) in [4.78, 5) is 19.5. The summed E-state index contributed by atoms with van der Waals surface area (Å²) in [6.45, 7) is 2.36. The van der Waals surface area contributed by atoms with Crippen molar-refractivity contribution in [2.45, 2.75) is 36.7 Å². The highest BCUT2D eigenvalue weighted by Crippen LogP contribution is 2.37. The number of para-hydroxylation sites is 1. The predicted octanol–water partition coefficient (Wildman–Crippen LogP) is 4.26. The molecule has 43 heavy (non-hydrogen) atoms. The van der Waals surface area contributed by atoms with Crippen molar-refractivity contribution in [1.82, 2.24) is 25.0 Å². The van der Waals surface area contributed by atoms with Crippen molar-refractivity contribution in [2.24, 2.45) is 0 Å². The molecule has 4 N–H and O–H groups in total. The molecule has 1 aliphatic rings. The van der Waals surface area contributed by atoms with E-state index in [4.69, 9.17) is 5.21 Å². The van der Waals surface area contributed by atoms with Gasteiger partial charge in [-0.25, -0.2) is 18.6 Å². The topological polar surface area (TPSA) is 118 Å².